The van der Waals surface area contributed by atoms with Crippen molar-refractivity contribution in [3.8, 4) is 11.5 Å². The number of aromatic nitrogens is 1. The van der Waals surface area contributed by atoms with Crippen molar-refractivity contribution < 1.29 is 14.6 Å². The highest BCUT2D eigenvalue weighted by Crippen LogP contribution is 2.20. The van der Waals surface area contributed by atoms with E-state index in [2.05, 4.69) is 10.3 Å². The Morgan fingerprint density at radius 2 is 2.00 bits per heavy atom. The number of benzene rings is 1. The Kier molecular flexibility index (Phi) is 6.29. The zero-order valence-corrected chi connectivity index (χ0v) is 15.9. The SMILES string of the molecule is COc1ccccc1CC(=O)N1CCC(NCc2nc(C)ccc2O)CC1. The number of carbonyl (C=O) groups is 1. The second kappa shape index (κ2) is 8.86. The highest BCUT2D eigenvalue weighted by molar-refractivity contribution is 5.79. The molecule has 0 bridgehead atoms. The number of amides is 1. The molecule has 0 spiro atoms. The van der Waals surface area contributed by atoms with Gasteiger partial charge in [-0.1, -0.05) is 18.2 Å². The first-order chi connectivity index (χ1) is 13.1. The molecular weight excluding hydrogens is 342 g/mol. The summed E-state index contributed by atoms with van der Waals surface area (Å²) in [6.45, 7) is 3.92. The number of carbonyl (C=O) groups excluding carboxylic acids is 1. The normalized spacial score (nSPS) is 15.0. The van der Waals surface area contributed by atoms with Crippen LogP contribution in [-0.4, -0.2) is 47.1 Å². The number of nitrogens with zero attached hydrogens (tertiary/aromatic N) is 2. The molecule has 1 amide bonds. The van der Waals surface area contributed by atoms with Gasteiger partial charge in [0.05, 0.1) is 19.2 Å². The molecule has 2 aromatic rings. The van der Waals surface area contributed by atoms with Gasteiger partial charge in [-0.25, -0.2) is 0 Å². The van der Waals surface area contributed by atoms with Crippen molar-refractivity contribution in [2.45, 2.75) is 38.8 Å². The van der Waals surface area contributed by atoms with Crippen LogP contribution in [-0.2, 0) is 17.8 Å². The number of nitrogens with one attached hydrogen (secondary N) is 1. The fraction of sp³-hybridized carbons (Fsp3) is 0.429. The van der Waals surface area contributed by atoms with Crippen molar-refractivity contribution in [3.05, 3.63) is 53.3 Å². The summed E-state index contributed by atoms with van der Waals surface area (Å²) < 4.78 is 5.34. The highest BCUT2D eigenvalue weighted by Gasteiger charge is 2.23. The molecule has 0 unspecified atom stereocenters. The number of ether oxygens (including phenoxy) is 1. The average molecular weight is 369 g/mol. The first-order valence-electron chi connectivity index (χ1n) is 9.35. The Morgan fingerprint density at radius 1 is 1.26 bits per heavy atom. The summed E-state index contributed by atoms with van der Waals surface area (Å²) in [5.41, 5.74) is 2.48. The third kappa shape index (κ3) is 4.98. The number of likely N-dealkylation sites (tertiary alicyclic amines) is 1. The molecular formula is C21H27N3O3. The van der Waals surface area contributed by atoms with E-state index >= 15 is 0 Å². The van der Waals surface area contributed by atoms with Gasteiger partial charge in [0.2, 0.25) is 5.91 Å². The van der Waals surface area contributed by atoms with Crippen LogP contribution in [0.5, 0.6) is 11.5 Å². The smallest absolute Gasteiger partial charge is 0.227 e. The fourth-order valence-corrected chi connectivity index (χ4v) is 3.43. The van der Waals surface area contributed by atoms with Gasteiger partial charge in [0.1, 0.15) is 11.5 Å². The second-order valence-corrected chi connectivity index (χ2v) is 6.94. The van der Waals surface area contributed by atoms with Crippen LogP contribution in [0.15, 0.2) is 36.4 Å². The van der Waals surface area contributed by atoms with Crippen LogP contribution in [0.3, 0.4) is 0 Å². The van der Waals surface area contributed by atoms with Gasteiger partial charge < -0.3 is 20.1 Å². The summed E-state index contributed by atoms with van der Waals surface area (Å²) >= 11 is 0. The number of hydrogen-bond acceptors (Lipinski definition) is 5. The summed E-state index contributed by atoms with van der Waals surface area (Å²) in [6, 6.07) is 11.5. The van der Waals surface area contributed by atoms with E-state index in [0.717, 1.165) is 42.9 Å². The number of methoxy groups -OCH3 is 1. The van der Waals surface area contributed by atoms with Gasteiger partial charge in [-0.05, 0) is 38.0 Å². The molecule has 27 heavy (non-hydrogen) atoms. The second-order valence-electron chi connectivity index (χ2n) is 6.94. The van der Waals surface area contributed by atoms with Crippen molar-refractivity contribution in [3.63, 3.8) is 0 Å². The predicted octanol–water partition coefficient (Wildman–Crippen LogP) is 2.43. The molecule has 144 valence electrons. The molecule has 3 rings (SSSR count). The van der Waals surface area contributed by atoms with Gasteiger partial charge in [0, 0.05) is 36.9 Å². The zero-order chi connectivity index (χ0) is 19.2. The molecule has 1 fully saturated rings. The number of aryl methyl sites for hydroxylation is 1. The third-order valence-corrected chi connectivity index (χ3v) is 5.03. The van der Waals surface area contributed by atoms with E-state index in [9.17, 15) is 9.90 Å². The molecule has 1 aliphatic rings. The molecule has 0 radical (unpaired) electrons. The molecule has 6 nitrogen and oxygen atoms in total. The largest absolute Gasteiger partial charge is 0.506 e. The van der Waals surface area contributed by atoms with E-state index < -0.39 is 0 Å². The van der Waals surface area contributed by atoms with E-state index in [1.807, 2.05) is 36.1 Å². The highest BCUT2D eigenvalue weighted by atomic mass is 16.5. The molecule has 2 heterocycles. The van der Waals surface area contributed by atoms with E-state index in [1.54, 1.807) is 19.2 Å². The van der Waals surface area contributed by atoms with Gasteiger partial charge in [0.15, 0.2) is 0 Å². The maximum atomic E-state index is 12.6. The Morgan fingerprint density at radius 3 is 2.74 bits per heavy atom. The molecule has 6 heteroatoms. The first-order valence-corrected chi connectivity index (χ1v) is 9.35. The number of piperidine rings is 1. The number of hydrogen-bond donors (Lipinski definition) is 2. The molecule has 0 saturated carbocycles. The quantitative estimate of drug-likeness (QED) is 0.818. The van der Waals surface area contributed by atoms with Crippen LogP contribution in [0.2, 0.25) is 0 Å². The molecule has 1 saturated heterocycles. The van der Waals surface area contributed by atoms with Gasteiger partial charge in [-0.3, -0.25) is 9.78 Å². The van der Waals surface area contributed by atoms with Gasteiger partial charge in [-0.2, -0.15) is 0 Å². The summed E-state index contributed by atoms with van der Waals surface area (Å²) in [5.74, 6) is 1.11. The molecule has 2 N–H and O–H groups in total. The number of pyridine rings is 1. The number of para-hydroxylation sites is 1. The van der Waals surface area contributed by atoms with Crippen LogP contribution in [0.1, 0.15) is 29.8 Å². The number of rotatable bonds is 6. The van der Waals surface area contributed by atoms with Crippen molar-refractivity contribution in [1.29, 1.82) is 0 Å². The van der Waals surface area contributed by atoms with Crippen molar-refractivity contribution >= 4 is 5.91 Å². The Bertz CT molecular complexity index is 786. The van der Waals surface area contributed by atoms with Crippen LogP contribution in [0.4, 0.5) is 0 Å². The van der Waals surface area contributed by atoms with Gasteiger partial charge in [-0.15, -0.1) is 0 Å². The van der Waals surface area contributed by atoms with E-state index in [1.165, 1.54) is 0 Å². The van der Waals surface area contributed by atoms with Crippen LogP contribution in [0.25, 0.3) is 0 Å². The summed E-state index contributed by atoms with van der Waals surface area (Å²) in [5, 5.41) is 13.3. The predicted molar refractivity (Wildman–Crippen MR) is 104 cm³/mol. The minimum absolute atomic E-state index is 0.135. The lowest BCUT2D eigenvalue weighted by atomic mass is 10.0. The Labute approximate surface area is 160 Å². The minimum atomic E-state index is 0.135. The molecule has 1 aromatic heterocycles. The van der Waals surface area contributed by atoms with E-state index in [4.69, 9.17) is 4.74 Å². The summed E-state index contributed by atoms with van der Waals surface area (Å²) in [7, 11) is 1.63. The van der Waals surface area contributed by atoms with Crippen LogP contribution < -0.4 is 10.1 Å². The van der Waals surface area contributed by atoms with Crippen LogP contribution in [0, 0.1) is 6.92 Å². The maximum absolute atomic E-state index is 12.6. The van der Waals surface area contributed by atoms with E-state index in [0.29, 0.717) is 24.7 Å². The molecule has 0 atom stereocenters. The molecule has 0 aliphatic carbocycles. The summed E-state index contributed by atoms with van der Waals surface area (Å²) in [4.78, 5) is 18.9. The average Bonchev–Trinajstić information content (AvgIpc) is 2.69. The monoisotopic (exact) mass is 369 g/mol. The standard InChI is InChI=1S/C21H27N3O3/c1-15-7-8-19(25)18(23-15)14-22-17-9-11-24(12-10-17)21(26)13-16-5-3-4-6-20(16)27-2/h3-8,17,22,25H,9-14H2,1-2H3. The molecule has 1 aromatic carbocycles. The molecule has 1 aliphatic heterocycles. The number of aromatic hydroxyl groups is 1. The first kappa shape index (κ1) is 19.2. The minimum Gasteiger partial charge on any atom is -0.506 e. The third-order valence-electron chi connectivity index (χ3n) is 5.03. The van der Waals surface area contributed by atoms with Crippen molar-refractivity contribution in [1.82, 2.24) is 15.2 Å². The van der Waals surface area contributed by atoms with Crippen LogP contribution >= 0.6 is 0 Å². The lowest BCUT2D eigenvalue weighted by Crippen LogP contribution is -2.45. The lowest BCUT2D eigenvalue weighted by molar-refractivity contribution is -0.131. The Balaban J connectivity index is 1.48. The maximum Gasteiger partial charge on any atom is 0.227 e. The zero-order valence-electron chi connectivity index (χ0n) is 15.9. The van der Waals surface area contributed by atoms with Gasteiger partial charge in [0.25, 0.3) is 0 Å². The van der Waals surface area contributed by atoms with Gasteiger partial charge >= 0.3 is 0 Å². The fourth-order valence-electron chi connectivity index (χ4n) is 3.43. The Hall–Kier alpha value is -2.60. The summed E-state index contributed by atoms with van der Waals surface area (Å²) in [6.07, 6.45) is 2.15. The lowest BCUT2D eigenvalue weighted by Gasteiger charge is -2.32. The van der Waals surface area contributed by atoms with Crippen molar-refractivity contribution in [2.24, 2.45) is 0 Å². The van der Waals surface area contributed by atoms with E-state index in [-0.39, 0.29) is 11.7 Å². The topological polar surface area (TPSA) is 74.7 Å². The van der Waals surface area contributed by atoms with Crippen molar-refractivity contribution in [2.75, 3.05) is 20.2 Å².